The number of aliphatic hydroxyl groups is 2. The van der Waals surface area contributed by atoms with Crippen molar-refractivity contribution in [2.75, 3.05) is 12.3 Å². The molecule has 5 rings (SSSR count). The Bertz CT molecular complexity index is 1230. The number of hydrogen-bond acceptors (Lipinski definition) is 9. The average Bonchev–Trinajstić information content (AvgIpc) is 3.39. The van der Waals surface area contributed by atoms with E-state index in [0.717, 1.165) is 10.3 Å². The molecule has 0 amide bonds. The molecule has 0 unspecified atom stereocenters. The number of anilines is 1. The third-order valence-corrected chi connectivity index (χ3v) is 6.15. The van der Waals surface area contributed by atoms with Crippen LogP contribution >= 0.6 is 11.3 Å². The SMILES string of the molecule is Nc1nc2c(ncn2[C@@H]2O[C@H](COCc3cc4ccccc4s3)[C@@H](O)[C@H]2O)c(=O)[nH]1. The zero-order chi connectivity index (χ0) is 20.8. The van der Waals surface area contributed by atoms with Gasteiger partial charge in [-0.3, -0.25) is 14.3 Å². The largest absolute Gasteiger partial charge is 0.387 e. The summed E-state index contributed by atoms with van der Waals surface area (Å²) >= 11 is 1.64. The molecule has 10 nitrogen and oxygen atoms in total. The summed E-state index contributed by atoms with van der Waals surface area (Å²) in [5.41, 5.74) is 5.35. The van der Waals surface area contributed by atoms with E-state index in [4.69, 9.17) is 15.2 Å². The molecule has 156 valence electrons. The fourth-order valence-corrected chi connectivity index (χ4v) is 4.61. The number of benzene rings is 1. The molecule has 1 aliphatic heterocycles. The summed E-state index contributed by atoms with van der Waals surface area (Å²) in [5.74, 6) is -0.0782. The Morgan fingerprint density at radius 1 is 1.30 bits per heavy atom. The van der Waals surface area contributed by atoms with E-state index in [2.05, 4.69) is 27.1 Å². The molecule has 0 saturated carbocycles. The van der Waals surface area contributed by atoms with Crippen molar-refractivity contribution in [3.05, 3.63) is 51.9 Å². The van der Waals surface area contributed by atoms with E-state index in [1.165, 1.54) is 15.6 Å². The molecule has 0 aliphatic carbocycles. The molecule has 1 saturated heterocycles. The Morgan fingerprint density at radius 3 is 2.97 bits per heavy atom. The third kappa shape index (κ3) is 3.26. The van der Waals surface area contributed by atoms with Crippen molar-refractivity contribution in [2.24, 2.45) is 0 Å². The van der Waals surface area contributed by atoms with Crippen LogP contribution in [0.1, 0.15) is 11.1 Å². The van der Waals surface area contributed by atoms with Crippen LogP contribution in [-0.4, -0.2) is 54.7 Å². The van der Waals surface area contributed by atoms with Crippen molar-refractivity contribution >= 4 is 38.5 Å². The van der Waals surface area contributed by atoms with Crippen LogP contribution in [0.5, 0.6) is 0 Å². The summed E-state index contributed by atoms with van der Waals surface area (Å²) in [5, 5.41) is 22.1. The van der Waals surface area contributed by atoms with Gasteiger partial charge in [0.1, 0.15) is 18.3 Å². The Balaban J connectivity index is 1.29. The van der Waals surface area contributed by atoms with Gasteiger partial charge in [-0.2, -0.15) is 4.98 Å². The van der Waals surface area contributed by atoms with Gasteiger partial charge in [0, 0.05) is 9.58 Å². The number of aromatic nitrogens is 4. The van der Waals surface area contributed by atoms with E-state index >= 15 is 0 Å². The normalized spacial score (nSPS) is 24.2. The van der Waals surface area contributed by atoms with Crippen LogP contribution in [-0.2, 0) is 16.1 Å². The lowest BCUT2D eigenvalue weighted by atomic mass is 10.1. The highest BCUT2D eigenvalue weighted by atomic mass is 32.1. The molecule has 1 aliphatic rings. The second kappa shape index (κ2) is 7.45. The van der Waals surface area contributed by atoms with E-state index in [1.807, 2.05) is 18.2 Å². The first-order valence-corrected chi connectivity index (χ1v) is 10.1. The summed E-state index contributed by atoms with van der Waals surface area (Å²) in [6.07, 6.45) is -2.82. The zero-order valence-corrected chi connectivity index (χ0v) is 16.5. The van der Waals surface area contributed by atoms with Gasteiger partial charge >= 0.3 is 0 Å². The Morgan fingerprint density at radius 2 is 2.13 bits per heavy atom. The molecule has 11 heteroatoms. The minimum Gasteiger partial charge on any atom is -0.387 e. The van der Waals surface area contributed by atoms with E-state index < -0.39 is 30.1 Å². The molecular formula is C19H19N5O5S. The first-order valence-electron chi connectivity index (χ1n) is 9.30. The topological polar surface area (TPSA) is 149 Å². The molecule has 4 aromatic rings. The highest BCUT2D eigenvalue weighted by Crippen LogP contribution is 2.32. The lowest BCUT2D eigenvalue weighted by Crippen LogP contribution is -2.33. The second-order valence-corrected chi connectivity index (χ2v) is 8.26. The molecule has 4 atom stereocenters. The van der Waals surface area contributed by atoms with E-state index in [0.29, 0.717) is 6.61 Å². The number of ether oxygens (including phenoxy) is 2. The highest BCUT2D eigenvalue weighted by Gasteiger charge is 2.44. The number of nitrogens with zero attached hydrogens (tertiary/aromatic N) is 3. The van der Waals surface area contributed by atoms with Gasteiger partial charge in [-0.05, 0) is 17.5 Å². The van der Waals surface area contributed by atoms with Gasteiger partial charge in [-0.1, -0.05) is 18.2 Å². The molecule has 3 aromatic heterocycles. The monoisotopic (exact) mass is 429 g/mol. The quantitative estimate of drug-likeness (QED) is 0.363. The third-order valence-electron chi connectivity index (χ3n) is 5.07. The molecule has 1 fully saturated rings. The molecule has 5 N–H and O–H groups in total. The maximum atomic E-state index is 12.0. The first-order chi connectivity index (χ1) is 14.5. The number of hydrogen-bond donors (Lipinski definition) is 4. The van der Waals surface area contributed by atoms with Crippen molar-refractivity contribution in [3.63, 3.8) is 0 Å². The van der Waals surface area contributed by atoms with Crippen LogP contribution < -0.4 is 11.3 Å². The number of thiophene rings is 1. The number of fused-ring (bicyclic) bond motifs is 2. The average molecular weight is 429 g/mol. The van der Waals surface area contributed by atoms with Gasteiger partial charge < -0.3 is 25.4 Å². The minimum absolute atomic E-state index is 0.0685. The minimum atomic E-state index is -1.25. The van der Waals surface area contributed by atoms with Gasteiger partial charge in [0.15, 0.2) is 17.4 Å². The second-order valence-electron chi connectivity index (χ2n) is 7.09. The fraction of sp³-hybridized carbons (Fsp3) is 0.316. The van der Waals surface area contributed by atoms with Crippen LogP contribution in [0, 0.1) is 0 Å². The van der Waals surface area contributed by atoms with Crippen molar-refractivity contribution in [1.29, 1.82) is 0 Å². The van der Waals surface area contributed by atoms with Gasteiger partial charge in [0.05, 0.1) is 19.5 Å². The van der Waals surface area contributed by atoms with Gasteiger partial charge in [0.25, 0.3) is 5.56 Å². The summed E-state index contributed by atoms with van der Waals surface area (Å²) < 4.78 is 14.1. The molecule has 30 heavy (non-hydrogen) atoms. The lowest BCUT2D eigenvalue weighted by Gasteiger charge is -2.16. The first kappa shape index (κ1) is 19.2. The standard InChI is InChI=1S/C19H19N5O5S/c20-19-22-16-13(17(27)23-19)21-8-24(16)18-15(26)14(25)11(29-18)7-28-6-10-5-9-3-1-2-4-12(9)30-10/h1-5,8,11,14-15,18,25-26H,6-7H2,(H3,20,22,23,27)/t11-,14-,15-,18-/m1/s1. The lowest BCUT2D eigenvalue weighted by molar-refractivity contribution is -0.0679. The van der Waals surface area contributed by atoms with E-state index in [-0.39, 0.29) is 23.7 Å². The number of nitrogens with one attached hydrogen (secondary N) is 1. The van der Waals surface area contributed by atoms with Gasteiger partial charge in [0.2, 0.25) is 5.95 Å². The molecular weight excluding hydrogens is 410 g/mol. The Labute approximate surface area is 173 Å². The summed E-state index contributed by atoms with van der Waals surface area (Å²) in [7, 11) is 0. The van der Waals surface area contributed by atoms with Crippen LogP contribution in [0.2, 0.25) is 0 Å². The number of imidazole rings is 1. The highest BCUT2D eigenvalue weighted by molar-refractivity contribution is 7.19. The summed E-state index contributed by atoms with van der Waals surface area (Å²) in [6.45, 7) is 0.458. The maximum absolute atomic E-state index is 12.0. The van der Waals surface area contributed by atoms with Crippen LogP contribution in [0.25, 0.3) is 21.3 Å². The predicted molar refractivity (Wildman–Crippen MR) is 110 cm³/mol. The zero-order valence-electron chi connectivity index (χ0n) is 15.6. The van der Waals surface area contributed by atoms with Gasteiger partial charge in [-0.25, -0.2) is 4.98 Å². The molecule has 4 heterocycles. The number of H-pyrrole nitrogens is 1. The molecule has 0 bridgehead atoms. The maximum Gasteiger partial charge on any atom is 0.280 e. The van der Waals surface area contributed by atoms with Crippen molar-refractivity contribution < 1.29 is 19.7 Å². The number of aliphatic hydroxyl groups excluding tert-OH is 2. The molecule has 1 aromatic carbocycles. The van der Waals surface area contributed by atoms with Crippen molar-refractivity contribution in [1.82, 2.24) is 19.5 Å². The number of aromatic amines is 1. The number of nitrogen functional groups attached to an aromatic ring is 1. The van der Waals surface area contributed by atoms with E-state index in [9.17, 15) is 15.0 Å². The van der Waals surface area contributed by atoms with Crippen LogP contribution in [0.4, 0.5) is 5.95 Å². The van der Waals surface area contributed by atoms with Crippen molar-refractivity contribution in [3.8, 4) is 0 Å². The van der Waals surface area contributed by atoms with E-state index in [1.54, 1.807) is 11.3 Å². The Kier molecular flexibility index (Phi) is 4.76. The summed E-state index contributed by atoms with van der Waals surface area (Å²) in [6, 6.07) is 10.1. The van der Waals surface area contributed by atoms with Crippen LogP contribution in [0.3, 0.4) is 0 Å². The predicted octanol–water partition coefficient (Wildman–Crippen LogP) is 0.752. The van der Waals surface area contributed by atoms with Crippen molar-refractivity contribution in [2.45, 2.75) is 31.1 Å². The number of nitrogens with two attached hydrogens (primary N) is 1. The smallest absolute Gasteiger partial charge is 0.280 e. The number of rotatable bonds is 5. The summed E-state index contributed by atoms with van der Waals surface area (Å²) in [4.78, 5) is 23.5. The van der Waals surface area contributed by atoms with Crippen LogP contribution in [0.15, 0.2) is 41.5 Å². The fourth-order valence-electron chi connectivity index (χ4n) is 3.61. The molecule has 0 spiro atoms. The van der Waals surface area contributed by atoms with Gasteiger partial charge in [-0.15, -0.1) is 11.3 Å². The molecule has 0 radical (unpaired) electrons. The Hall–Kier alpha value is -2.83.